The number of likely N-dealkylation sites (tertiary alicyclic amines) is 2. The first-order chi connectivity index (χ1) is 8.33. The Morgan fingerprint density at radius 3 is 2.94 bits per heavy atom. The van der Waals surface area contributed by atoms with Crippen LogP contribution in [0.4, 0.5) is 0 Å². The molecule has 3 unspecified atom stereocenters. The Balaban J connectivity index is 1.56. The van der Waals surface area contributed by atoms with Crippen LogP contribution in [0.5, 0.6) is 0 Å². The van der Waals surface area contributed by atoms with Gasteiger partial charge in [0.05, 0.1) is 0 Å². The van der Waals surface area contributed by atoms with Crippen LogP contribution in [0.1, 0.15) is 19.3 Å². The number of fused-ring (bicyclic) bond motifs is 1. The lowest BCUT2D eigenvalue weighted by molar-refractivity contribution is 0.156. The van der Waals surface area contributed by atoms with Gasteiger partial charge in [-0.05, 0) is 44.7 Å². The molecule has 2 heterocycles. The number of hydrogen-bond acceptors (Lipinski definition) is 2. The van der Waals surface area contributed by atoms with E-state index in [1.807, 2.05) is 0 Å². The van der Waals surface area contributed by atoms with Crippen LogP contribution >= 0.6 is 0 Å². The van der Waals surface area contributed by atoms with Gasteiger partial charge in [-0.2, -0.15) is 0 Å². The number of rotatable bonds is 2. The lowest BCUT2D eigenvalue weighted by Crippen LogP contribution is -2.42. The van der Waals surface area contributed by atoms with Gasteiger partial charge in [-0.3, -0.25) is 0 Å². The highest BCUT2D eigenvalue weighted by Gasteiger charge is 2.37. The molecule has 0 aromatic carbocycles. The lowest BCUT2D eigenvalue weighted by Gasteiger charge is -2.33. The number of piperidine rings is 1. The molecule has 0 saturated carbocycles. The third-order valence-corrected chi connectivity index (χ3v) is 4.70. The van der Waals surface area contributed by atoms with Gasteiger partial charge >= 0.3 is 0 Å². The molecule has 0 spiro atoms. The van der Waals surface area contributed by atoms with Gasteiger partial charge in [0.1, 0.15) is 0 Å². The summed E-state index contributed by atoms with van der Waals surface area (Å²) >= 11 is 0. The summed E-state index contributed by atoms with van der Waals surface area (Å²) in [7, 11) is 2.31. The summed E-state index contributed by atoms with van der Waals surface area (Å²) in [6.07, 6.45) is 13.2. The maximum absolute atomic E-state index is 2.70. The molecule has 2 aliphatic heterocycles. The third kappa shape index (κ3) is 2.48. The molecule has 2 heteroatoms. The van der Waals surface area contributed by atoms with Crippen LogP contribution in [0.25, 0.3) is 0 Å². The zero-order chi connectivity index (χ0) is 11.7. The van der Waals surface area contributed by atoms with Gasteiger partial charge in [-0.1, -0.05) is 24.3 Å². The fourth-order valence-electron chi connectivity index (χ4n) is 3.74. The summed E-state index contributed by atoms with van der Waals surface area (Å²) in [4.78, 5) is 5.29. The molecule has 0 amide bonds. The summed E-state index contributed by atoms with van der Waals surface area (Å²) in [6, 6.07) is 0.840. The maximum atomic E-state index is 2.70. The molecule has 0 aromatic heterocycles. The van der Waals surface area contributed by atoms with Gasteiger partial charge in [-0.25, -0.2) is 0 Å². The van der Waals surface area contributed by atoms with Crippen LogP contribution in [0.15, 0.2) is 24.3 Å². The van der Waals surface area contributed by atoms with E-state index in [9.17, 15) is 0 Å². The van der Waals surface area contributed by atoms with Crippen molar-refractivity contribution in [3.63, 3.8) is 0 Å². The number of allylic oxidation sites excluding steroid dienone is 3. The first-order valence-electron chi connectivity index (χ1n) is 7.09. The van der Waals surface area contributed by atoms with Crippen LogP contribution in [0.3, 0.4) is 0 Å². The SMILES string of the molecule is CN1CCCC2CN(CC3C=CC=CC3)CC21. The molecule has 0 radical (unpaired) electrons. The Kier molecular flexibility index (Phi) is 3.34. The van der Waals surface area contributed by atoms with E-state index in [2.05, 4.69) is 41.2 Å². The third-order valence-electron chi connectivity index (χ3n) is 4.70. The average Bonchev–Trinajstić information content (AvgIpc) is 2.74. The van der Waals surface area contributed by atoms with Crippen molar-refractivity contribution in [2.24, 2.45) is 11.8 Å². The number of nitrogens with zero attached hydrogens (tertiary/aromatic N) is 2. The minimum Gasteiger partial charge on any atom is -0.302 e. The van der Waals surface area contributed by atoms with Crippen LogP contribution in [0.2, 0.25) is 0 Å². The van der Waals surface area contributed by atoms with Gasteiger partial charge in [-0.15, -0.1) is 0 Å². The van der Waals surface area contributed by atoms with E-state index in [0.717, 1.165) is 17.9 Å². The largest absolute Gasteiger partial charge is 0.302 e. The minimum atomic E-state index is 0.755. The summed E-state index contributed by atoms with van der Waals surface area (Å²) in [5.41, 5.74) is 0. The Bertz CT molecular complexity index is 321. The fraction of sp³-hybridized carbons (Fsp3) is 0.733. The van der Waals surface area contributed by atoms with Crippen molar-refractivity contribution in [3.8, 4) is 0 Å². The predicted octanol–water partition coefficient (Wildman–Crippen LogP) is 2.14. The summed E-state index contributed by atoms with van der Waals surface area (Å²) in [5.74, 6) is 1.70. The van der Waals surface area contributed by atoms with E-state index in [1.54, 1.807) is 0 Å². The van der Waals surface area contributed by atoms with Crippen molar-refractivity contribution in [2.45, 2.75) is 25.3 Å². The van der Waals surface area contributed by atoms with Crippen LogP contribution in [-0.2, 0) is 0 Å². The van der Waals surface area contributed by atoms with Crippen molar-refractivity contribution in [1.29, 1.82) is 0 Å². The van der Waals surface area contributed by atoms with E-state index in [0.29, 0.717) is 0 Å². The van der Waals surface area contributed by atoms with Gasteiger partial charge in [0, 0.05) is 25.7 Å². The molecular weight excluding hydrogens is 208 g/mol. The second-order valence-electron chi connectivity index (χ2n) is 5.98. The Morgan fingerprint density at radius 1 is 1.24 bits per heavy atom. The molecule has 0 aromatic rings. The normalized spacial score (nSPS) is 38.5. The van der Waals surface area contributed by atoms with E-state index in [4.69, 9.17) is 0 Å². The molecule has 2 nitrogen and oxygen atoms in total. The van der Waals surface area contributed by atoms with Crippen molar-refractivity contribution < 1.29 is 0 Å². The standard InChI is InChI=1S/C15H24N2/c1-16-9-5-8-14-11-17(12-15(14)16)10-13-6-3-2-4-7-13/h2-4,6,13-15H,5,7-12H2,1H3. The quantitative estimate of drug-likeness (QED) is 0.720. The first kappa shape index (κ1) is 11.5. The Hall–Kier alpha value is -0.600. The monoisotopic (exact) mass is 232 g/mol. The maximum Gasteiger partial charge on any atom is 0.0260 e. The summed E-state index contributed by atoms with van der Waals surface area (Å²) in [6.45, 7) is 5.21. The predicted molar refractivity (Wildman–Crippen MR) is 72.0 cm³/mol. The van der Waals surface area contributed by atoms with Crippen molar-refractivity contribution in [3.05, 3.63) is 24.3 Å². The molecule has 1 aliphatic carbocycles. The summed E-state index contributed by atoms with van der Waals surface area (Å²) in [5, 5.41) is 0. The molecule has 94 valence electrons. The highest BCUT2D eigenvalue weighted by Crippen LogP contribution is 2.30. The fourth-order valence-corrected chi connectivity index (χ4v) is 3.74. The van der Waals surface area contributed by atoms with E-state index < -0.39 is 0 Å². The molecule has 3 rings (SSSR count). The number of hydrogen-bond donors (Lipinski definition) is 0. The molecule has 0 bridgehead atoms. The van der Waals surface area contributed by atoms with Crippen LogP contribution in [-0.4, -0.2) is 49.1 Å². The molecule has 3 aliphatic rings. The number of likely N-dealkylation sites (N-methyl/N-ethyl adjacent to an activating group) is 1. The molecule has 2 saturated heterocycles. The highest BCUT2D eigenvalue weighted by molar-refractivity contribution is 5.11. The second-order valence-corrected chi connectivity index (χ2v) is 5.98. The van der Waals surface area contributed by atoms with Gasteiger partial charge in [0.25, 0.3) is 0 Å². The zero-order valence-electron chi connectivity index (χ0n) is 10.9. The molecular formula is C15H24N2. The second kappa shape index (κ2) is 4.95. The molecule has 17 heavy (non-hydrogen) atoms. The topological polar surface area (TPSA) is 6.48 Å². The van der Waals surface area contributed by atoms with Crippen LogP contribution in [0, 0.1) is 11.8 Å². The van der Waals surface area contributed by atoms with Crippen molar-refractivity contribution >= 4 is 0 Å². The highest BCUT2D eigenvalue weighted by atomic mass is 15.3. The van der Waals surface area contributed by atoms with Gasteiger partial charge < -0.3 is 9.80 Å². The van der Waals surface area contributed by atoms with Gasteiger partial charge in [0.2, 0.25) is 0 Å². The van der Waals surface area contributed by atoms with E-state index >= 15 is 0 Å². The van der Waals surface area contributed by atoms with Gasteiger partial charge in [0.15, 0.2) is 0 Å². The Labute approximate surface area is 105 Å². The first-order valence-corrected chi connectivity index (χ1v) is 7.09. The summed E-state index contributed by atoms with van der Waals surface area (Å²) < 4.78 is 0. The average molecular weight is 232 g/mol. The molecule has 3 atom stereocenters. The Morgan fingerprint density at radius 2 is 2.18 bits per heavy atom. The van der Waals surface area contributed by atoms with Crippen molar-refractivity contribution in [1.82, 2.24) is 9.80 Å². The zero-order valence-corrected chi connectivity index (χ0v) is 10.9. The smallest absolute Gasteiger partial charge is 0.0260 e. The lowest BCUT2D eigenvalue weighted by atomic mass is 9.93. The molecule has 2 fully saturated rings. The minimum absolute atomic E-state index is 0.755. The van der Waals surface area contributed by atoms with Crippen molar-refractivity contribution in [2.75, 3.05) is 33.2 Å². The van der Waals surface area contributed by atoms with Crippen LogP contribution < -0.4 is 0 Å². The van der Waals surface area contributed by atoms with E-state index in [-0.39, 0.29) is 0 Å². The molecule has 0 N–H and O–H groups in total. The van der Waals surface area contributed by atoms with E-state index in [1.165, 1.54) is 45.4 Å².